The number of piperazine rings is 1. The van der Waals surface area contributed by atoms with E-state index < -0.39 is 10.0 Å². The second-order valence-corrected chi connectivity index (χ2v) is 10.1. The molecule has 1 amide bonds. The van der Waals surface area contributed by atoms with E-state index in [-0.39, 0.29) is 17.3 Å². The van der Waals surface area contributed by atoms with Crippen molar-refractivity contribution in [1.29, 1.82) is 0 Å². The fourth-order valence-electron chi connectivity index (χ4n) is 4.21. The number of hydrogen-bond acceptors (Lipinski definition) is 7. The van der Waals surface area contributed by atoms with E-state index >= 15 is 0 Å². The van der Waals surface area contributed by atoms with Gasteiger partial charge in [0, 0.05) is 51.6 Å². The highest BCUT2D eigenvalue weighted by atomic mass is 32.2. The molecule has 184 valence electrons. The number of carbonyl (C=O) groups is 1. The molecule has 0 N–H and O–H groups in total. The van der Waals surface area contributed by atoms with Gasteiger partial charge in [-0.3, -0.25) is 9.69 Å². The van der Waals surface area contributed by atoms with Crippen LogP contribution in [0.2, 0.25) is 0 Å². The summed E-state index contributed by atoms with van der Waals surface area (Å²) < 4.78 is 43.4. The van der Waals surface area contributed by atoms with Crippen LogP contribution in [0.25, 0.3) is 0 Å². The molecule has 3 rings (SSSR count). The topological polar surface area (TPSA) is 88.6 Å². The molecule has 1 aliphatic heterocycles. The average molecular weight is 482 g/mol. The molecule has 0 atom stereocenters. The fourth-order valence-corrected chi connectivity index (χ4v) is 5.65. The van der Waals surface area contributed by atoms with Crippen molar-refractivity contribution in [2.24, 2.45) is 0 Å². The van der Waals surface area contributed by atoms with E-state index in [1.165, 1.54) is 30.7 Å². The van der Waals surface area contributed by atoms with E-state index in [0.29, 0.717) is 50.8 Å². The first-order valence-electron chi connectivity index (χ1n) is 11.3. The molecule has 9 nitrogen and oxygen atoms in total. The standard InChI is InChI=1S/C23H35N3O6S/c1-30-16-15-26(19-7-5-4-6-8-19)23(27)18-24-11-13-25(14-12-24)33(28,29)20-9-10-21(31-2)22(17-20)32-3/h7,9-10,17H,4-6,8,11-16,18H2,1-3H3. The molecule has 0 saturated carbocycles. The van der Waals surface area contributed by atoms with Crippen molar-refractivity contribution in [3.8, 4) is 11.5 Å². The van der Waals surface area contributed by atoms with Crippen LogP contribution >= 0.6 is 0 Å². The minimum absolute atomic E-state index is 0.0383. The number of rotatable bonds is 10. The van der Waals surface area contributed by atoms with Crippen molar-refractivity contribution in [1.82, 2.24) is 14.1 Å². The smallest absolute Gasteiger partial charge is 0.243 e. The van der Waals surface area contributed by atoms with E-state index in [4.69, 9.17) is 14.2 Å². The van der Waals surface area contributed by atoms with Gasteiger partial charge in [0.15, 0.2) is 11.5 Å². The number of sulfonamides is 1. The van der Waals surface area contributed by atoms with Gasteiger partial charge in [0.1, 0.15) is 0 Å². The third-order valence-electron chi connectivity index (χ3n) is 6.12. The highest BCUT2D eigenvalue weighted by Gasteiger charge is 2.31. The van der Waals surface area contributed by atoms with Crippen molar-refractivity contribution in [2.75, 3.05) is 67.2 Å². The van der Waals surface area contributed by atoms with E-state index in [1.807, 2.05) is 9.80 Å². The van der Waals surface area contributed by atoms with E-state index in [9.17, 15) is 13.2 Å². The molecule has 1 saturated heterocycles. The Morgan fingerprint density at radius 3 is 2.36 bits per heavy atom. The van der Waals surface area contributed by atoms with Crippen LogP contribution < -0.4 is 9.47 Å². The molecule has 1 fully saturated rings. The second-order valence-electron chi connectivity index (χ2n) is 8.18. The Balaban J connectivity index is 1.61. The molecular formula is C23H35N3O6S. The van der Waals surface area contributed by atoms with E-state index in [1.54, 1.807) is 13.2 Å². The number of hydrogen-bond donors (Lipinski definition) is 0. The summed E-state index contributed by atoms with van der Waals surface area (Å²) in [5.41, 5.74) is 1.08. The van der Waals surface area contributed by atoms with Crippen LogP contribution in [0.15, 0.2) is 34.9 Å². The maximum atomic E-state index is 13.1. The first kappa shape index (κ1) is 25.5. The Morgan fingerprint density at radius 2 is 1.76 bits per heavy atom. The van der Waals surface area contributed by atoms with Crippen LogP contribution in [0.1, 0.15) is 25.7 Å². The molecule has 2 aliphatic rings. The maximum Gasteiger partial charge on any atom is 0.243 e. The van der Waals surface area contributed by atoms with Crippen LogP contribution in [-0.4, -0.2) is 95.6 Å². The van der Waals surface area contributed by atoms with Crippen molar-refractivity contribution in [2.45, 2.75) is 30.6 Å². The van der Waals surface area contributed by atoms with Crippen molar-refractivity contribution >= 4 is 15.9 Å². The quantitative estimate of drug-likeness (QED) is 0.505. The largest absolute Gasteiger partial charge is 0.493 e. The lowest BCUT2D eigenvalue weighted by Crippen LogP contribution is -2.51. The summed E-state index contributed by atoms with van der Waals surface area (Å²) in [5.74, 6) is 0.887. The lowest BCUT2D eigenvalue weighted by atomic mass is 10.0. The van der Waals surface area contributed by atoms with Gasteiger partial charge in [0.2, 0.25) is 15.9 Å². The van der Waals surface area contributed by atoms with Gasteiger partial charge < -0.3 is 19.1 Å². The Hall–Kier alpha value is -2.14. The predicted molar refractivity (Wildman–Crippen MR) is 125 cm³/mol. The van der Waals surface area contributed by atoms with Crippen molar-refractivity contribution < 1.29 is 27.4 Å². The van der Waals surface area contributed by atoms with Gasteiger partial charge in [-0.1, -0.05) is 6.08 Å². The van der Waals surface area contributed by atoms with Gasteiger partial charge in [0.25, 0.3) is 0 Å². The fraction of sp³-hybridized carbons (Fsp3) is 0.609. The number of carbonyl (C=O) groups excluding carboxylic acids is 1. The molecule has 1 heterocycles. The molecule has 1 aliphatic carbocycles. The molecule has 33 heavy (non-hydrogen) atoms. The normalized spacial score (nSPS) is 18.0. The highest BCUT2D eigenvalue weighted by molar-refractivity contribution is 7.89. The van der Waals surface area contributed by atoms with Crippen LogP contribution in [0.4, 0.5) is 0 Å². The number of methoxy groups -OCH3 is 3. The molecular weight excluding hydrogens is 446 g/mol. The van der Waals surface area contributed by atoms with Crippen LogP contribution in [-0.2, 0) is 19.6 Å². The van der Waals surface area contributed by atoms with Crippen molar-refractivity contribution in [3.05, 3.63) is 30.0 Å². The summed E-state index contributed by atoms with van der Waals surface area (Å²) in [4.78, 5) is 17.1. The average Bonchev–Trinajstić information content (AvgIpc) is 2.84. The summed E-state index contributed by atoms with van der Waals surface area (Å²) >= 11 is 0. The third kappa shape index (κ3) is 6.26. The van der Waals surface area contributed by atoms with Crippen LogP contribution in [0, 0.1) is 0 Å². The molecule has 1 aromatic carbocycles. The Labute approximate surface area is 196 Å². The van der Waals surface area contributed by atoms with Gasteiger partial charge >= 0.3 is 0 Å². The lowest BCUT2D eigenvalue weighted by molar-refractivity contribution is -0.131. The Kier molecular flexibility index (Phi) is 9.13. The first-order valence-corrected chi connectivity index (χ1v) is 12.8. The summed E-state index contributed by atoms with van der Waals surface area (Å²) in [6.45, 7) is 2.93. The van der Waals surface area contributed by atoms with Crippen molar-refractivity contribution in [3.63, 3.8) is 0 Å². The summed E-state index contributed by atoms with van der Waals surface area (Å²) in [6.07, 6.45) is 6.32. The SMILES string of the molecule is COCCN(C(=O)CN1CCN(S(=O)(=O)c2ccc(OC)c(OC)c2)CC1)C1=CCCCC1. The molecule has 1 aromatic rings. The van der Waals surface area contributed by atoms with Crippen LogP contribution in [0.5, 0.6) is 11.5 Å². The minimum atomic E-state index is -3.67. The van der Waals surface area contributed by atoms with Gasteiger partial charge in [-0.2, -0.15) is 4.31 Å². The van der Waals surface area contributed by atoms with E-state index in [2.05, 4.69) is 6.08 Å². The van der Waals surface area contributed by atoms with Gasteiger partial charge in [0.05, 0.1) is 32.3 Å². The molecule has 0 radical (unpaired) electrons. The Bertz CT molecular complexity index is 942. The van der Waals surface area contributed by atoms with Gasteiger partial charge in [-0.15, -0.1) is 0 Å². The minimum Gasteiger partial charge on any atom is -0.493 e. The monoisotopic (exact) mass is 481 g/mol. The van der Waals surface area contributed by atoms with Gasteiger partial charge in [-0.05, 0) is 37.8 Å². The zero-order valence-electron chi connectivity index (χ0n) is 19.8. The maximum absolute atomic E-state index is 13.1. The number of ether oxygens (including phenoxy) is 3. The highest BCUT2D eigenvalue weighted by Crippen LogP contribution is 2.31. The predicted octanol–water partition coefficient (Wildman–Crippen LogP) is 1.94. The number of nitrogens with zero attached hydrogens (tertiary/aromatic N) is 3. The zero-order valence-corrected chi connectivity index (χ0v) is 20.6. The summed E-state index contributed by atoms with van der Waals surface area (Å²) in [7, 11) is 0.951. The molecule has 0 aromatic heterocycles. The Morgan fingerprint density at radius 1 is 1.03 bits per heavy atom. The zero-order chi connectivity index (χ0) is 23.8. The number of allylic oxidation sites excluding steroid dienone is 2. The lowest BCUT2D eigenvalue weighted by Gasteiger charge is -2.35. The molecule has 10 heteroatoms. The first-order chi connectivity index (χ1) is 15.9. The van der Waals surface area contributed by atoms with Crippen LogP contribution in [0.3, 0.4) is 0 Å². The molecule has 0 spiro atoms. The second kappa shape index (κ2) is 11.8. The molecule has 0 bridgehead atoms. The summed E-state index contributed by atoms with van der Waals surface area (Å²) in [6, 6.07) is 4.60. The number of amides is 1. The van der Waals surface area contributed by atoms with Gasteiger partial charge in [-0.25, -0.2) is 8.42 Å². The third-order valence-corrected chi connectivity index (χ3v) is 8.01. The molecule has 0 unspecified atom stereocenters. The summed E-state index contributed by atoms with van der Waals surface area (Å²) in [5, 5.41) is 0. The number of benzene rings is 1. The van der Waals surface area contributed by atoms with E-state index in [0.717, 1.165) is 31.4 Å².